The normalized spacial score (nSPS) is 30.9. The largest absolute Gasteiger partial charge is 0.395 e. The first-order valence-corrected chi connectivity index (χ1v) is 8.93. The number of rotatable bonds is 8. The molecule has 24 heavy (non-hydrogen) atoms. The first-order valence-electron chi connectivity index (χ1n) is 8.93. The number of hydrogen-bond donors (Lipinski definition) is 1. The zero-order valence-corrected chi connectivity index (χ0v) is 15.6. The summed E-state index contributed by atoms with van der Waals surface area (Å²) in [5.74, 6) is 0.613. The molecule has 0 aromatic rings. The molecule has 4 heteroatoms. The molecule has 4 atom stereocenters. The topological polar surface area (TPSA) is 55.8 Å². The van der Waals surface area contributed by atoms with Crippen LogP contribution in [0.25, 0.3) is 0 Å². The van der Waals surface area contributed by atoms with Crippen molar-refractivity contribution in [3.8, 4) is 0 Å². The molecule has 0 heterocycles. The summed E-state index contributed by atoms with van der Waals surface area (Å²) in [6.07, 6.45) is 5.82. The zero-order chi connectivity index (χ0) is 18.0. The van der Waals surface area contributed by atoms with Crippen molar-refractivity contribution >= 4 is 5.78 Å². The van der Waals surface area contributed by atoms with Crippen molar-refractivity contribution in [1.82, 2.24) is 0 Å². The lowest BCUT2D eigenvalue weighted by molar-refractivity contribution is -0.138. The maximum atomic E-state index is 12.6. The Hall–Kier alpha value is -0.970. The smallest absolute Gasteiger partial charge is 0.159 e. The van der Waals surface area contributed by atoms with Crippen LogP contribution in [0, 0.1) is 16.7 Å². The van der Waals surface area contributed by atoms with Crippen LogP contribution in [0.5, 0.6) is 0 Å². The minimum atomic E-state index is -0.443. The third-order valence-corrected chi connectivity index (χ3v) is 6.29. The molecule has 0 bridgehead atoms. The van der Waals surface area contributed by atoms with Crippen molar-refractivity contribution in [1.29, 1.82) is 0 Å². The average molecular weight is 336 g/mol. The SMILES string of the molecule is C=C[C@@](C)(CO)C[C@@H](OCOC)[C@]1(C)C2=C(CCC2=O)CC[C@H]1C. The number of ether oxygens (including phenoxy) is 2. The van der Waals surface area contributed by atoms with E-state index in [0.29, 0.717) is 18.8 Å². The molecule has 1 N–H and O–H groups in total. The van der Waals surface area contributed by atoms with Crippen molar-refractivity contribution in [3.05, 3.63) is 23.8 Å². The molecule has 0 amide bonds. The highest BCUT2D eigenvalue weighted by Crippen LogP contribution is 2.54. The molecule has 4 nitrogen and oxygen atoms in total. The van der Waals surface area contributed by atoms with Gasteiger partial charge in [0.1, 0.15) is 6.79 Å². The summed E-state index contributed by atoms with van der Waals surface area (Å²) in [7, 11) is 1.61. The number of hydrogen-bond acceptors (Lipinski definition) is 4. The van der Waals surface area contributed by atoms with Crippen molar-refractivity contribution in [2.75, 3.05) is 20.5 Å². The molecule has 0 fully saturated rings. The van der Waals surface area contributed by atoms with Gasteiger partial charge in [0.25, 0.3) is 0 Å². The molecule has 2 aliphatic carbocycles. The summed E-state index contributed by atoms with van der Waals surface area (Å²) in [6.45, 7) is 10.4. The predicted octanol–water partition coefficient (Wildman–Crippen LogP) is 3.65. The number of aliphatic hydroxyl groups is 1. The summed E-state index contributed by atoms with van der Waals surface area (Å²) in [5, 5.41) is 9.81. The Kier molecular flexibility index (Phi) is 6.05. The number of methoxy groups -OCH3 is 1. The van der Waals surface area contributed by atoms with Crippen LogP contribution in [-0.4, -0.2) is 37.5 Å². The number of allylic oxidation sites excluding steroid dienone is 1. The van der Waals surface area contributed by atoms with Crippen LogP contribution in [0.3, 0.4) is 0 Å². The third kappa shape index (κ3) is 3.37. The Morgan fingerprint density at radius 1 is 1.46 bits per heavy atom. The van der Waals surface area contributed by atoms with Gasteiger partial charge in [0.05, 0.1) is 12.7 Å². The molecule has 0 unspecified atom stereocenters. The zero-order valence-electron chi connectivity index (χ0n) is 15.6. The van der Waals surface area contributed by atoms with Crippen LogP contribution in [0.15, 0.2) is 23.8 Å². The number of ketones is 1. The molecule has 2 rings (SSSR count). The second kappa shape index (κ2) is 7.51. The van der Waals surface area contributed by atoms with Crippen LogP contribution < -0.4 is 0 Å². The van der Waals surface area contributed by atoms with Gasteiger partial charge in [-0.2, -0.15) is 0 Å². The molecule has 0 spiro atoms. The average Bonchev–Trinajstić information content (AvgIpc) is 2.96. The molecule has 0 radical (unpaired) electrons. The van der Waals surface area contributed by atoms with E-state index in [4.69, 9.17) is 9.47 Å². The van der Waals surface area contributed by atoms with Crippen molar-refractivity contribution < 1.29 is 19.4 Å². The van der Waals surface area contributed by atoms with Gasteiger partial charge in [-0.05, 0) is 31.6 Å². The number of carbonyl (C=O) groups excluding carboxylic acids is 1. The fourth-order valence-corrected chi connectivity index (χ4v) is 4.29. The molecule has 0 aliphatic heterocycles. The van der Waals surface area contributed by atoms with E-state index in [1.54, 1.807) is 13.2 Å². The lowest BCUT2D eigenvalue weighted by Gasteiger charge is -2.48. The van der Waals surface area contributed by atoms with E-state index in [-0.39, 0.29) is 30.7 Å². The fourth-order valence-electron chi connectivity index (χ4n) is 4.29. The minimum Gasteiger partial charge on any atom is -0.395 e. The maximum absolute atomic E-state index is 12.6. The van der Waals surface area contributed by atoms with E-state index in [0.717, 1.165) is 24.8 Å². The summed E-state index contributed by atoms with van der Waals surface area (Å²) in [4.78, 5) is 12.6. The van der Waals surface area contributed by atoms with Gasteiger partial charge in [-0.3, -0.25) is 4.79 Å². The Morgan fingerprint density at radius 2 is 2.17 bits per heavy atom. The molecular weight excluding hydrogens is 304 g/mol. The highest BCUT2D eigenvalue weighted by atomic mass is 16.7. The molecular formula is C20H32O4. The van der Waals surface area contributed by atoms with Gasteiger partial charge in [0, 0.05) is 29.9 Å². The molecule has 136 valence electrons. The molecule has 0 saturated heterocycles. The molecule has 0 saturated carbocycles. The highest BCUT2D eigenvalue weighted by molar-refractivity contribution is 6.00. The second-order valence-electron chi connectivity index (χ2n) is 7.91. The summed E-state index contributed by atoms with van der Waals surface area (Å²) in [6, 6.07) is 0. The fraction of sp³-hybridized carbons (Fsp3) is 0.750. The highest BCUT2D eigenvalue weighted by Gasteiger charge is 2.51. The first kappa shape index (κ1) is 19.4. The number of carbonyl (C=O) groups is 1. The van der Waals surface area contributed by atoms with Crippen LogP contribution >= 0.6 is 0 Å². The van der Waals surface area contributed by atoms with Crippen LogP contribution in [0.4, 0.5) is 0 Å². The quantitative estimate of drug-likeness (QED) is 0.543. The molecule has 0 aromatic heterocycles. The maximum Gasteiger partial charge on any atom is 0.159 e. The van der Waals surface area contributed by atoms with E-state index in [2.05, 4.69) is 20.4 Å². The van der Waals surface area contributed by atoms with Gasteiger partial charge < -0.3 is 14.6 Å². The van der Waals surface area contributed by atoms with Gasteiger partial charge in [-0.15, -0.1) is 6.58 Å². The molecule has 2 aliphatic rings. The predicted molar refractivity (Wildman–Crippen MR) is 94.5 cm³/mol. The van der Waals surface area contributed by atoms with Gasteiger partial charge in [-0.25, -0.2) is 0 Å². The monoisotopic (exact) mass is 336 g/mol. The van der Waals surface area contributed by atoms with Crippen LogP contribution in [-0.2, 0) is 14.3 Å². The van der Waals surface area contributed by atoms with Gasteiger partial charge in [0.15, 0.2) is 5.78 Å². The Bertz CT molecular complexity index is 524. The van der Waals surface area contributed by atoms with Crippen LogP contribution in [0.1, 0.15) is 52.9 Å². The van der Waals surface area contributed by atoms with Crippen LogP contribution in [0.2, 0.25) is 0 Å². The van der Waals surface area contributed by atoms with E-state index in [9.17, 15) is 9.90 Å². The lowest BCUT2D eigenvalue weighted by atomic mass is 9.60. The third-order valence-electron chi connectivity index (χ3n) is 6.29. The summed E-state index contributed by atoms with van der Waals surface area (Å²) in [5.41, 5.74) is 1.52. The standard InChI is InChI=1S/C20H32O4/c1-6-19(3,12-21)11-17(24-13-23-5)20(4)14(2)7-8-15-9-10-16(22)18(15)20/h6,14,17,21H,1,7-13H2,2-5H3/t14-,17-,19-,20-/m1/s1. The van der Waals surface area contributed by atoms with E-state index in [1.165, 1.54) is 5.57 Å². The summed E-state index contributed by atoms with van der Waals surface area (Å²) >= 11 is 0. The van der Waals surface area contributed by atoms with Crippen molar-refractivity contribution in [3.63, 3.8) is 0 Å². The van der Waals surface area contributed by atoms with Gasteiger partial charge in [-0.1, -0.05) is 32.4 Å². The second-order valence-corrected chi connectivity index (χ2v) is 7.91. The lowest BCUT2D eigenvalue weighted by Crippen LogP contribution is -2.47. The van der Waals surface area contributed by atoms with Gasteiger partial charge >= 0.3 is 0 Å². The van der Waals surface area contributed by atoms with E-state index >= 15 is 0 Å². The molecule has 0 aromatic carbocycles. The Labute approximate surface area is 145 Å². The minimum absolute atomic E-state index is 0.00759. The Balaban J connectivity index is 2.43. The van der Waals surface area contributed by atoms with Crippen molar-refractivity contribution in [2.45, 2.75) is 59.0 Å². The van der Waals surface area contributed by atoms with E-state index in [1.807, 2.05) is 6.92 Å². The number of aliphatic hydroxyl groups excluding tert-OH is 1. The van der Waals surface area contributed by atoms with E-state index < -0.39 is 5.41 Å². The van der Waals surface area contributed by atoms with Gasteiger partial charge in [0.2, 0.25) is 0 Å². The Morgan fingerprint density at radius 3 is 2.75 bits per heavy atom. The first-order chi connectivity index (χ1) is 11.3. The summed E-state index contributed by atoms with van der Waals surface area (Å²) < 4.78 is 11.2. The number of Topliss-reactive ketones (excluding diaryl/α,β-unsaturated/α-hetero) is 1. The van der Waals surface area contributed by atoms with Crippen molar-refractivity contribution in [2.24, 2.45) is 16.7 Å².